The van der Waals surface area contributed by atoms with E-state index in [2.05, 4.69) is 19.9 Å². The van der Waals surface area contributed by atoms with Crippen LogP contribution in [0.3, 0.4) is 0 Å². The number of alkyl halides is 3. The first-order valence-corrected chi connectivity index (χ1v) is 7.52. The lowest BCUT2D eigenvalue weighted by Crippen LogP contribution is -2.39. The number of ether oxygens (including phenoxy) is 1. The van der Waals surface area contributed by atoms with Gasteiger partial charge < -0.3 is 9.64 Å². The van der Waals surface area contributed by atoms with Crippen molar-refractivity contribution in [3.8, 4) is 5.88 Å². The summed E-state index contributed by atoms with van der Waals surface area (Å²) in [4.78, 5) is 17.6. The molecule has 24 heavy (non-hydrogen) atoms. The van der Waals surface area contributed by atoms with Crippen molar-refractivity contribution in [2.45, 2.75) is 32.0 Å². The van der Waals surface area contributed by atoms with Crippen molar-refractivity contribution < 1.29 is 17.9 Å². The molecule has 3 rings (SSSR count). The first-order chi connectivity index (χ1) is 11.4. The Balaban J connectivity index is 1.61. The van der Waals surface area contributed by atoms with Crippen molar-refractivity contribution in [2.24, 2.45) is 0 Å². The first-order valence-electron chi connectivity index (χ1n) is 7.52. The smallest absolute Gasteiger partial charge is 0.433 e. The molecule has 0 unspecified atom stereocenters. The van der Waals surface area contributed by atoms with Gasteiger partial charge in [-0.25, -0.2) is 15.0 Å². The molecule has 1 fully saturated rings. The molecule has 0 aromatic carbocycles. The molecule has 2 aromatic heterocycles. The maximum atomic E-state index is 12.7. The maximum absolute atomic E-state index is 12.7. The van der Waals surface area contributed by atoms with Gasteiger partial charge in [0.15, 0.2) is 0 Å². The van der Waals surface area contributed by atoms with E-state index in [1.54, 1.807) is 17.3 Å². The molecule has 0 atom stereocenters. The van der Waals surface area contributed by atoms with Gasteiger partial charge in [-0.1, -0.05) is 0 Å². The van der Waals surface area contributed by atoms with E-state index >= 15 is 0 Å². The highest BCUT2D eigenvalue weighted by Gasteiger charge is 2.33. The Morgan fingerprint density at radius 1 is 1.17 bits per heavy atom. The monoisotopic (exact) mass is 339 g/mol. The summed E-state index contributed by atoms with van der Waals surface area (Å²) in [6.07, 6.45) is 1.10. The number of piperidine rings is 1. The van der Waals surface area contributed by atoms with Crippen LogP contribution < -0.4 is 9.64 Å². The molecule has 0 amide bonds. The number of aromatic nitrogens is 4. The minimum Gasteiger partial charge on any atom is -0.473 e. The minimum absolute atomic E-state index is 0.0526. The highest BCUT2D eigenvalue weighted by molar-refractivity contribution is 5.31. The van der Waals surface area contributed by atoms with Gasteiger partial charge in [-0.3, -0.25) is 4.98 Å². The van der Waals surface area contributed by atoms with E-state index in [1.165, 1.54) is 0 Å². The van der Waals surface area contributed by atoms with Crippen molar-refractivity contribution in [2.75, 3.05) is 18.0 Å². The van der Waals surface area contributed by atoms with E-state index in [-0.39, 0.29) is 12.1 Å². The molecule has 9 heteroatoms. The SMILES string of the molecule is Cc1cncc(OC2CCN(c3nccc(C(F)(F)F)n3)CC2)n1. The van der Waals surface area contributed by atoms with E-state index in [0.29, 0.717) is 31.8 Å². The third kappa shape index (κ3) is 3.90. The molecule has 128 valence electrons. The Bertz CT molecular complexity index is 702. The molecule has 0 aliphatic carbocycles. The lowest BCUT2D eigenvalue weighted by atomic mass is 10.1. The molecule has 0 spiro atoms. The summed E-state index contributed by atoms with van der Waals surface area (Å²) in [6.45, 7) is 2.86. The zero-order valence-corrected chi connectivity index (χ0v) is 13.0. The number of hydrogen-bond donors (Lipinski definition) is 0. The number of halogens is 3. The van der Waals surface area contributed by atoms with Gasteiger partial charge >= 0.3 is 6.18 Å². The average Bonchev–Trinajstić information content (AvgIpc) is 2.55. The normalized spacial score (nSPS) is 16.2. The standard InChI is InChI=1S/C15H16F3N5O/c1-10-8-19-9-13(21-10)24-11-3-6-23(7-4-11)14-20-5-2-12(22-14)15(16,17)18/h2,5,8-9,11H,3-4,6-7H2,1H3. The predicted octanol–water partition coefficient (Wildman–Crippen LogP) is 2.64. The fourth-order valence-electron chi connectivity index (χ4n) is 2.50. The number of hydrogen-bond acceptors (Lipinski definition) is 6. The van der Waals surface area contributed by atoms with Crippen LogP contribution in [0, 0.1) is 6.92 Å². The van der Waals surface area contributed by atoms with Gasteiger partial charge in [0.25, 0.3) is 0 Å². The molecule has 0 saturated carbocycles. The third-order valence-electron chi connectivity index (χ3n) is 3.68. The summed E-state index contributed by atoms with van der Waals surface area (Å²) in [7, 11) is 0. The van der Waals surface area contributed by atoms with Crippen LogP contribution >= 0.6 is 0 Å². The Labute approximate surface area is 136 Å². The van der Waals surface area contributed by atoms with Crippen molar-refractivity contribution >= 4 is 5.95 Å². The lowest BCUT2D eigenvalue weighted by Gasteiger charge is -2.32. The number of aryl methyl sites for hydroxylation is 1. The second-order valence-corrected chi connectivity index (χ2v) is 5.54. The fraction of sp³-hybridized carbons (Fsp3) is 0.467. The van der Waals surface area contributed by atoms with Crippen LogP contribution in [0.1, 0.15) is 24.2 Å². The molecule has 1 aliphatic rings. The fourth-order valence-corrected chi connectivity index (χ4v) is 2.50. The van der Waals surface area contributed by atoms with Gasteiger partial charge in [-0.2, -0.15) is 13.2 Å². The van der Waals surface area contributed by atoms with Crippen LogP contribution in [0.25, 0.3) is 0 Å². The van der Waals surface area contributed by atoms with Gasteiger partial charge in [-0.15, -0.1) is 0 Å². The molecule has 0 N–H and O–H groups in total. The molecule has 0 bridgehead atoms. The van der Waals surface area contributed by atoms with Crippen molar-refractivity contribution in [1.82, 2.24) is 19.9 Å². The molecule has 2 aromatic rings. The minimum atomic E-state index is -4.47. The summed E-state index contributed by atoms with van der Waals surface area (Å²) in [6, 6.07) is 0.871. The Kier molecular flexibility index (Phi) is 4.50. The third-order valence-corrected chi connectivity index (χ3v) is 3.68. The quantitative estimate of drug-likeness (QED) is 0.857. The van der Waals surface area contributed by atoms with Gasteiger partial charge in [0.2, 0.25) is 11.8 Å². The Hall–Kier alpha value is -2.45. The van der Waals surface area contributed by atoms with Crippen LogP contribution in [0.2, 0.25) is 0 Å². The number of rotatable bonds is 3. The Morgan fingerprint density at radius 2 is 1.92 bits per heavy atom. The largest absolute Gasteiger partial charge is 0.473 e. The highest BCUT2D eigenvalue weighted by atomic mass is 19.4. The van der Waals surface area contributed by atoms with Gasteiger partial charge in [0.05, 0.1) is 11.9 Å². The van der Waals surface area contributed by atoms with Gasteiger partial charge in [0.1, 0.15) is 11.8 Å². The lowest BCUT2D eigenvalue weighted by molar-refractivity contribution is -0.141. The van der Waals surface area contributed by atoms with Crippen LogP contribution in [-0.4, -0.2) is 39.1 Å². The van der Waals surface area contributed by atoms with Gasteiger partial charge in [-0.05, 0) is 13.0 Å². The topological polar surface area (TPSA) is 64.0 Å². The molecule has 1 aliphatic heterocycles. The number of nitrogens with zero attached hydrogens (tertiary/aromatic N) is 5. The zero-order chi connectivity index (χ0) is 17.2. The van der Waals surface area contributed by atoms with E-state index in [0.717, 1.165) is 18.0 Å². The van der Waals surface area contributed by atoms with Crippen molar-refractivity contribution in [3.63, 3.8) is 0 Å². The maximum Gasteiger partial charge on any atom is 0.433 e. The summed E-state index contributed by atoms with van der Waals surface area (Å²) in [5.41, 5.74) is -0.164. The van der Waals surface area contributed by atoms with Crippen LogP contribution in [0.5, 0.6) is 5.88 Å². The van der Waals surface area contributed by atoms with Crippen LogP contribution in [-0.2, 0) is 6.18 Å². The van der Waals surface area contributed by atoms with Gasteiger partial charge in [0, 0.05) is 38.3 Å². The highest BCUT2D eigenvalue weighted by Crippen LogP contribution is 2.28. The van der Waals surface area contributed by atoms with Crippen LogP contribution in [0.15, 0.2) is 24.7 Å². The molecular formula is C15H16F3N5O. The molecule has 0 radical (unpaired) electrons. The summed E-state index contributed by atoms with van der Waals surface area (Å²) in [5, 5.41) is 0. The second kappa shape index (κ2) is 6.58. The van der Waals surface area contributed by atoms with Crippen molar-refractivity contribution in [3.05, 3.63) is 36.0 Å². The van der Waals surface area contributed by atoms with E-state index in [1.807, 2.05) is 6.92 Å². The number of anilines is 1. The molecular weight excluding hydrogens is 323 g/mol. The van der Waals surface area contributed by atoms with Crippen molar-refractivity contribution in [1.29, 1.82) is 0 Å². The Morgan fingerprint density at radius 3 is 2.58 bits per heavy atom. The molecule has 1 saturated heterocycles. The zero-order valence-electron chi connectivity index (χ0n) is 13.0. The van der Waals surface area contributed by atoms with E-state index in [9.17, 15) is 13.2 Å². The molecule has 3 heterocycles. The first kappa shape index (κ1) is 16.4. The molecule has 6 nitrogen and oxygen atoms in total. The average molecular weight is 339 g/mol. The van der Waals surface area contributed by atoms with E-state index < -0.39 is 11.9 Å². The predicted molar refractivity (Wildman–Crippen MR) is 79.7 cm³/mol. The summed E-state index contributed by atoms with van der Waals surface area (Å²) in [5.74, 6) is 0.558. The van der Waals surface area contributed by atoms with Crippen LogP contribution in [0.4, 0.5) is 19.1 Å². The summed E-state index contributed by atoms with van der Waals surface area (Å²) >= 11 is 0. The summed E-state index contributed by atoms with van der Waals surface area (Å²) < 4.78 is 44.0. The second-order valence-electron chi connectivity index (χ2n) is 5.54. The van der Waals surface area contributed by atoms with E-state index in [4.69, 9.17) is 4.74 Å².